The first-order chi connectivity index (χ1) is 13.7. The first kappa shape index (κ1) is 18.0. The summed E-state index contributed by atoms with van der Waals surface area (Å²) in [5, 5.41) is 2.22. The van der Waals surface area contributed by atoms with E-state index < -0.39 is 0 Å². The Labute approximate surface area is 162 Å². The molecule has 0 aliphatic carbocycles. The average molecular weight is 375 g/mol. The summed E-state index contributed by atoms with van der Waals surface area (Å²) in [6, 6.07) is 19.7. The predicted octanol–water partition coefficient (Wildman–Crippen LogP) is 5.37. The third-order valence-electron chi connectivity index (χ3n) is 4.48. The minimum absolute atomic E-state index is 0.190. The molecule has 4 rings (SSSR count). The van der Waals surface area contributed by atoms with Crippen molar-refractivity contribution in [3.05, 3.63) is 60.7 Å². The largest absolute Gasteiger partial charge is 0.494 e. The molecule has 0 saturated heterocycles. The number of carbonyl (C=O) groups excluding carboxylic acids is 1. The van der Waals surface area contributed by atoms with E-state index in [1.54, 1.807) is 6.92 Å². The van der Waals surface area contributed by atoms with Crippen LogP contribution in [-0.4, -0.2) is 24.2 Å². The van der Waals surface area contributed by atoms with Gasteiger partial charge in [-0.2, -0.15) is 0 Å². The van der Waals surface area contributed by atoms with Crippen LogP contribution in [0.15, 0.2) is 65.1 Å². The smallest absolute Gasteiger partial charge is 0.305 e. The maximum Gasteiger partial charge on any atom is 0.305 e. The summed E-state index contributed by atoms with van der Waals surface area (Å²) >= 11 is 0. The van der Waals surface area contributed by atoms with Crippen LogP contribution < -0.4 is 4.74 Å². The Balaban J connectivity index is 1.45. The lowest BCUT2D eigenvalue weighted by atomic mass is 10.1. The van der Waals surface area contributed by atoms with Crippen LogP contribution in [-0.2, 0) is 9.53 Å². The van der Waals surface area contributed by atoms with Gasteiger partial charge in [-0.25, -0.2) is 4.98 Å². The monoisotopic (exact) mass is 375 g/mol. The molecule has 28 heavy (non-hydrogen) atoms. The number of carbonyl (C=O) groups is 1. The molecule has 5 heteroatoms. The van der Waals surface area contributed by atoms with Crippen LogP contribution in [0.3, 0.4) is 0 Å². The number of rotatable bonds is 7. The fourth-order valence-corrected chi connectivity index (χ4v) is 3.12. The van der Waals surface area contributed by atoms with Gasteiger partial charge in [-0.15, -0.1) is 0 Å². The van der Waals surface area contributed by atoms with Gasteiger partial charge in [0.1, 0.15) is 11.3 Å². The van der Waals surface area contributed by atoms with Crippen molar-refractivity contribution < 1.29 is 18.7 Å². The second-order valence-corrected chi connectivity index (χ2v) is 6.43. The molecule has 0 radical (unpaired) electrons. The van der Waals surface area contributed by atoms with Crippen LogP contribution in [0.2, 0.25) is 0 Å². The maximum absolute atomic E-state index is 11.3. The molecular formula is C23H21NO4. The summed E-state index contributed by atoms with van der Waals surface area (Å²) in [7, 11) is 0. The van der Waals surface area contributed by atoms with Crippen LogP contribution in [0.1, 0.15) is 19.8 Å². The van der Waals surface area contributed by atoms with Gasteiger partial charge in [0, 0.05) is 17.4 Å². The van der Waals surface area contributed by atoms with Crippen molar-refractivity contribution in [2.45, 2.75) is 19.8 Å². The zero-order chi connectivity index (χ0) is 19.3. The van der Waals surface area contributed by atoms with E-state index in [0.717, 1.165) is 33.2 Å². The minimum atomic E-state index is -0.190. The van der Waals surface area contributed by atoms with E-state index in [0.29, 0.717) is 31.9 Å². The van der Waals surface area contributed by atoms with Gasteiger partial charge in [-0.05, 0) is 49.1 Å². The molecule has 0 unspecified atom stereocenters. The van der Waals surface area contributed by atoms with Gasteiger partial charge in [0.15, 0.2) is 5.58 Å². The number of oxazole rings is 1. The zero-order valence-corrected chi connectivity index (χ0v) is 15.7. The van der Waals surface area contributed by atoms with E-state index in [1.807, 2.05) is 48.5 Å². The van der Waals surface area contributed by atoms with Crippen LogP contribution in [0.5, 0.6) is 5.75 Å². The van der Waals surface area contributed by atoms with Crippen molar-refractivity contribution in [2.75, 3.05) is 13.2 Å². The third kappa shape index (κ3) is 3.83. The SMILES string of the molecule is CCOC(=O)CCCOc1ccc(-c2nc3c(ccc4ccccc43)o2)cc1. The summed E-state index contributed by atoms with van der Waals surface area (Å²) < 4.78 is 16.5. The summed E-state index contributed by atoms with van der Waals surface area (Å²) in [4.78, 5) is 16.0. The topological polar surface area (TPSA) is 61.6 Å². The third-order valence-corrected chi connectivity index (χ3v) is 4.48. The molecule has 0 fully saturated rings. The zero-order valence-electron chi connectivity index (χ0n) is 15.7. The number of esters is 1. The second kappa shape index (κ2) is 8.13. The molecule has 3 aromatic carbocycles. The van der Waals surface area contributed by atoms with Crippen molar-refractivity contribution >= 4 is 27.8 Å². The predicted molar refractivity (Wildman–Crippen MR) is 108 cm³/mol. The molecule has 0 bridgehead atoms. The molecule has 5 nitrogen and oxygen atoms in total. The second-order valence-electron chi connectivity index (χ2n) is 6.43. The molecule has 0 amide bonds. The standard InChI is InChI=1S/C23H21NO4/c1-2-26-21(25)8-5-15-27-18-12-9-17(10-13-18)23-24-22-19-7-4-3-6-16(19)11-14-20(22)28-23/h3-4,6-7,9-14H,2,5,8,15H2,1H3. The fraction of sp³-hybridized carbons (Fsp3) is 0.217. The number of benzene rings is 3. The van der Waals surface area contributed by atoms with Crippen molar-refractivity contribution in [1.29, 1.82) is 0 Å². The summed E-state index contributed by atoms with van der Waals surface area (Å²) in [6.07, 6.45) is 0.988. The van der Waals surface area contributed by atoms with Crippen molar-refractivity contribution in [3.8, 4) is 17.2 Å². The molecular weight excluding hydrogens is 354 g/mol. The van der Waals surface area contributed by atoms with E-state index in [9.17, 15) is 4.79 Å². The van der Waals surface area contributed by atoms with Gasteiger partial charge in [0.05, 0.1) is 13.2 Å². The molecule has 0 aliphatic rings. The van der Waals surface area contributed by atoms with E-state index in [4.69, 9.17) is 18.9 Å². The number of nitrogens with zero attached hydrogens (tertiary/aromatic N) is 1. The summed E-state index contributed by atoms with van der Waals surface area (Å²) in [5.74, 6) is 1.14. The molecule has 0 saturated carbocycles. The quantitative estimate of drug-likeness (QED) is 0.321. The molecule has 4 aromatic rings. The Morgan fingerprint density at radius 3 is 2.68 bits per heavy atom. The van der Waals surface area contributed by atoms with Crippen LogP contribution >= 0.6 is 0 Å². The summed E-state index contributed by atoms with van der Waals surface area (Å²) in [6.45, 7) is 2.68. The lowest BCUT2D eigenvalue weighted by Crippen LogP contribution is -2.06. The lowest BCUT2D eigenvalue weighted by Gasteiger charge is -2.06. The molecule has 1 heterocycles. The van der Waals surface area contributed by atoms with Crippen molar-refractivity contribution in [2.24, 2.45) is 0 Å². The Morgan fingerprint density at radius 2 is 1.86 bits per heavy atom. The lowest BCUT2D eigenvalue weighted by molar-refractivity contribution is -0.143. The van der Waals surface area contributed by atoms with Crippen LogP contribution in [0.4, 0.5) is 0 Å². The maximum atomic E-state index is 11.3. The molecule has 0 N–H and O–H groups in total. The fourth-order valence-electron chi connectivity index (χ4n) is 3.12. The van der Waals surface area contributed by atoms with Gasteiger partial charge in [0.25, 0.3) is 0 Å². The Bertz CT molecular complexity index is 1100. The normalized spacial score (nSPS) is 11.0. The van der Waals surface area contributed by atoms with E-state index >= 15 is 0 Å². The molecule has 142 valence electrons. The number of hydrogen-bond donors (Lipinski definition) is 0. The Morgan fingerprint density at radius 1 is 1.04 bits per heavy atom. The number of aromatic nitrogens is 1. The van der Waals surface area contributed by atoms with Crippen LogP contribution in [0, 0.1) is 0 Å². The molecule has 0 atom stereocenters. The Hall–Kier alpha value is -3.34. The Kier molecular flexibility index (Phi) is 5.24. The van der Waals surface area contributed by atoms with Crippen molar-refractivity contribution in [3.63, 3.8) is 0 Å². The van der Waals surface area contributed by atoms with E-state index in [1.165, 1.54) is 0 Å². The average Bonchev–Trinajstić information content (AvgIpc) is 3.17. The van der Waals surface area contributed by atoms with Gasteiger partial charge < -0.3 is 13.9 Å². The van der Waals surface area contributed by atoms with Crippen LogP contribution in [0.25, 0.3) is 33.3 Å². The highest BCUT2D eigenvalue weighted by Crippen LogP contribution is 2.30. The number of ether oxygens (including phenoxy) is 2. The van der Waals surface area contributed by atoms with Crippen molar-refractivity contribution in [1.82, 2.24) is 4.98 Å². The highest BCUT2D eigenvalue weighted by molar-refractivity contribution is 6.03. The molecule has 0 spiro atoms. The molecule has 0 aliphatic heterocycles. The molecule has 1 aromatic heterocycles. The first-order valence-corrected chi connectivity index (χ1v) is 9.42. The highest BCUT2D eigenvalue weighted by Gasteiger charge is 2.11. The van der Waals surface area contributed by atoms with E-state index in [-0.39, 0.29) is 5.97 Å². The highest BCUT2D eigenvalue weighted by atomic mass is 16.5. The van der Waals surface area contributed by atoms with Gasteiger partial charge in [-0.1, -0.05) is 30.3 Å². The van der Waals surface area contributed by atoms with Gasteiger partial charge >= 0.3 is 5.97 Å². The minimum Gasteiger partial charge on any atom is -0.494 e. The number of fused-ring (bicyclic) bond motifs is 3. The van der Waals surface area contributed by atoms with Gasteiger partial charge in [0.2, 0.25) is 5.89 Å². The first-order valence-electron chi connectivity index (χ1n) is 9.42. The van der Waals surface area contributed by atoms with Gasteiger partial charge in [-0.3, -0.25) is 4.79 Å². The summed E-state index contributed by atoms with van der Waals surface area (Å²) in [5.41, 5.74) is 2.53. The van der Waals surface area contributed by atoms with E-state index in [2.05, 4.69) is 12.1 Å². The number of hydrogen-bond acceptors (Lipinski definition) is 5.